The average Bonchev–Trinajstić information content (AvgIpc) is 3.82. The van der Waals surface area contributed by atoms with E-state index in [0.717, 1.165) is 10.6 Å². The summed E-state index contributed by atoms with van der Waals surface area (Å²) in [6, 6.07) is 8.62. The molecule has 2 heterocycles. The van der Waals surface area contributed by atoms with Gasteiger partial charge in [-0.05, 0) is 65.5 Å². The van der Waals surface area contributed by atoms with E-state index in [-0.39, 0.29) is 17.7 Å². The van der Waals surface area contributed by atoms with Gasteiger partial charge in [0, 0.05) is 35.1 Å². The van der Waals surface area contributed by atoms with E-state index in [2.05, 4.69) is 20.0 Å². The lowest BCUT2D eigenvalue weighted by atomic mass is 9.95. The molecular formula is C33H24F6N4O3S2. The average molecular weight is 703 g/mol. The number of carbonyl (C=O) groups excluding carboxylic acids is 2. The molecule has 0 aliphatic rings. The summed E-state index contributed by atoms with van der Waals surface area (Å²) in [5.41, 5.74) is 2.33. The van der Waals surface area contributed by atoms with Crippen LogP contribution in [0.2, 0.25) is 0 Å². The molecule has 1 atom stereocenters. The SMILES string of the molecule is CSCC[C@H](NC(=O)c1ccc(/C=C(/Cn2ccnc2)c2nccs2)cc1-c1ccc(F)cc1)C(=O)Oc1c(F)c(F)c(F)c(F)c1F. The fourth-order valence-electron chi connectivity index (χ4n) is 4.62. The van der Waals surface area contributed by atoms with Crippen molar-refractivity contribution < 1.29 is 40.7 Å². The molecule has 0 unspecified atom stereocenters. The number of esters is 1. The van der Waals surface area contributed by atoms with E-state index in [1.165, 1.54) is 53.4 Å². The molecule has 5 aromatic rings. The van der Waals surface area contributed by atoms with Crippen LogP contribution in [0.4, 0.5) is 26.3 Å². The fourth-order valence-corrected chi connectivity index (χ4v) is 5.74. The first-order valence-corrected chi connectivity index (χ1v) is 16.3. The Labute approximate surface area is 278 Å². The van der Waals surface area contributed by atoms with Crippen molar-refractivity contribution in [3.8, 4) is 16.9 Å². The third kappa shape index (κ3) is 7.80. The molecule has 0 radical (unpaired) electrons. The van der Waals surface area contributed by atoms with E-state index in [4.69, 9.17) is 0 Å². The molecule has 7 nitrogen and oxygen atoms in total. The van der Waals surface area contributed by atoms with Crippen LogP contribution in [-0.2, 0) is 11.3 Å². The second kappa shape index (κ2) is 15.3. The number of hydrogen-bond donors (Lipinski definition) is 1. The van der Waals surface area contributed by atoms with Crippen LogP contribution in [0.25, 0.3) is 22.8 Å². The first kappa shape index (κ1) is 34.4. The number of carbonyl (C=O) groups is 2. The number of ether oxygens (including phenoxy) is 1. The molecular weight excluding hydrogens is 679 g/mol. The number of nitrogens with zero attached hydrogens (tertiary/aromatic N) is 3. The Hall–Kier alpha value is -4.89. The number of thioether (sulfide) groups is 1. The molecule has 15 heteroatoms. The largest absolute Gasteiger partial charge is 0.418 e. The number of allylic oxidation sites excluding steroid dienone is 1. The van der Waals surface area contributed by atoms with Gasteiger partial charge in [0.05, 0.1) is 12.9 Å². The van der Waals surface area contributed by atoms with Gasteiger partial charge in [-0.15, -0.1) is 11.3 Å². The van der Waals surface area contributed by atoms with Gasteiger partial charge in [0.25, 0.3) is 5.91 Å². The van der Waals surface area contributed by atoms with E-state index in [9.17, 15) is 35.9 Å². The van der Waals surface area contributed by atoms with Crippen LogP contribution in [0.5, 0.6) is 5.75 Å². The predicted molar refractivity (Wildman–Crippen MR) is 170 cm³/mol. The summed E-state index contributed by atoms with van der Waals surface area (Å²) >= 11 is 2.70. The maximum atomic E-state index is 14.3. The minimum atomic E-state index is -2.41. The van der Waals surface area contributed by atoms with Gasteiger partial charge in [-0.2, -0.15) is 20.5 Å². The summed E-state index contributed by atoms with van der Waals surface area (Å²) in [6.07, 6.45) is 10.2. The van der Waals surface area contributed by atoms with E-state index >= 15 is 0 Å². The van der Waals surface area contributed by atoms with Gasteiger partial charge in [0.1, 0.15) is 16.9 Å². The monoisotopic (exact) mass is 702 g/mol. The first-order valence-electron chi connectivity index (χ1n) is 14.1. The molecule has 5 rings (SSSR count). The van der Waals surface area contributed by atoms with Crippen LogP contribution in [0.3, 0.4) is 0 Å². The highest BCUT2D eigenvalue weighted by Crippen LogP contribution is 2.31. The minimum Gasteiger partial charge on any atom is -0.418 e. The van der Waals surface area contributed by atoms with Crippen molar-refractivity contribution in [3.63, 3.8) is 0 Å². The quantitative estimate of drug-likeness (QED) is 0.0476. The lowest BCUT2D eigenvalue weighted by Gasteiger charge is -2.19. The Bertz CT molecular complexity index is 1920. The third-order valence-corrected chi connectivity index (χ3v) is 8.47. The molecule has 0 aliphatic heterocycles. The van der Waals surface area contributed by atoms with Crippen molar-refractivity contribution >= 4 is 46.6 Å². The number of imidazole rings is 1. The van der Waals surface area contributed by atoms with Gasteiger partial charge in [-0.25, -0.2) is 32.3 Å². The Morgan fingerprint density at radius 1 is 0.979 bits per heavy atom. The number of nitrogens with one attached hydrogen (secondary N) is 1. The Morgan fingerprint density at radius 2 is 1.69 bits per heavy atom. The molecule has 1 N–H and O–H groups in total. The van der Waals surface area contributed by atoms with Gasteiger partial charge in [0.2, 0.25) is 34.8 Å². The summed E-state index contributed by atoms with van der Waals surface area (Å²) in [6.45, 7) is 0.434. The van der Waals surface area contributed by atoms with Crippen molar-refractivity contribution in [2.75, 3.05) is 12.0 Å². The van der Waals surface area contributed by atoms with Crippen molar-refractivity contribution in [1.82, 2.24) is 19.9 Å². The van der Waals surface area contributed by atoms with Gasteiger partial charge in [0.15, 0.2) is 0 Å². The first-order chi connectivity index (χ1) is 23.1. The normalized spacial score (nSPS) is 12.2. The van der Waals surface area contributed by atoms with E-state index in [1.54, 1.807) is 43.3 Å². The summed E-state index contributed by atoms with van der Waals surface area (Å²) in [5, 5.41) is 5.04. The van der Waals surface area contributed by atoms with Crippen molar-refractivity contribution in [2.24, 2.45) is 0 Å². The zero-order chi connectivity index (χ0) is 34.4. The molecule has 2 aromatic heterocycles. The lowest BCUT2D eigenvalue weighted by molar-refractivity contribution is -0.137. The van der Waals surface area contributed by atoms with E-state index in [1.807, 2.05) is 16.0 Å². The highest BCUT2D eigenvalue weighted by Gasteiger charge is 2.32. The molecule has 0 spiro atoms. The molecule has 0 aliphatic carbocycles. The minimum absolute atomic E-state index is 0.0438. The van der Waals surface area contributed by atoms with Crippen LogP contribution in [0.15, 0.2) is 72.8 Å². The Morgan fingerprint density at radius 3 is 2.31 bits per heavy atom. The number of benzene rings is 3. The molecule has 0 saturated carbocycles. The Kier molecular flexibility index (Phi) is 11.0. The maximum Gasteiger partial charge on any atom is 0.334 e. The molecule has 0 fully saturated rings. The van der Waals surface area contributed by atoms with Crippen LogP contribution in [-0.4, -0.2) is 44.5 Å². The summed E-state index contributed by atoms with van der Waals surface area (Å²) in [5.74, 6) is -16.0. The molecule has 3 aromatic carbocycles. The second-order valence-corrected chi connectivity index (χ2v) is 12.1. The Balaban J connectivity index is 1.49. The van der Waals surface area contributed by atoms with Crippen LogP contribution in [0, 0.1) is 34.9 Å². The zero-order valence-electron chi connectivity index (χ0n) is 24.9. The number of halogens is 6. The van der Waals surface area contributed by atoms with E-state index < -0.39 is 58.6 Å². The summed E-state index contributed by atoms with van der Waals surface area (Å²) in [7, 11) is 0. The highest BCUT2D eigenvalue weighted by molar-refractivity contribution is 7.98. The van der Waals surface area contributed by atoms with Gasteiger partial charge < -0.3 is 14.6 Å². The van der Waals surface area contributed by atoms with Crippen molar-refractivity contribution in [2.45, 2.75) is 19.0 Å². The second-order valence-electron chi connectivity index (χ2n) is 10.2. The van der Waals surface area contributed by atoms with Crippen LogP contribution in [0.1, 0.15) is 27.3 Å². The number of rotatable bonds is 12. The van der Waals surface area contributed by atoms with Crippen molar-refractivity contribution in [1.29, 1.82) is 0 Å². The fraction of sp³-hybridized carbons (Fsp3) is 0.152. The van der Waals surface area contributed by atoms with E-state index in [0.29, 0.717) is 23.2 Å². The molecule has 1 amide bonds. The highest BCUT2D eigenvalue weighted by atomic mass is 32.2. The number of aromatic nitrogens is 3. The maximum absolute atomic E-state index is 14.3. The number of hydrogen-bond acceptors (Lipinski definition) is 7. The molecule has 0 bridgehead atoms. The lowest BCUT2D eigenvalue weighted by Crippen LogP contribution is -2.43. The summed E-state index contributed by atoms with van der Waals surface area (Å²) in [4.78, 5) is 35.2. The third-order valence-electron chi connectivity index (χ3n) is 6.98. The van der Waals surface area contributed by atoms with Crippen LogP contribution >= 0.6 is 23.1 Å². The van der Waals surface area contributed by atoms with Gasteiger partial charge >= 0.3 is 5.97 Å². The number of thiazole rings is 1. The molecule has 248 valence electrons. The van der Waals surface area contributed by atoms with Crippen LogP contribution < -0.4 is 10.1 Å². The number of amides is 1. The van der Waals surface area contributed by atoms with Crippen molar-refractivity contribution in [3.05, 3.63) is 124 Å². The zero-order valence-corrected chi connectivity index (χ0v) is 26.5. The van der Waals surface area contributed by atoms with Gasteiger partial charge in [-0.1, -0.05) is 18.2 Å². The predicted octanol–water partition coefficient (Wildman–Crippen LogP) is 7.54. The standard InChI is InChI=1S/C33H24F6N4O3S2/c1-47-12-8-24(33(45)46-30-28(38)26(36)25(35)27(37)29(30)39)42-31(44)22-7-2-18(15-23(22)19-3-5-21(34)6-4-19)14-20(32-41-10-13-48-32)16-43-11-9-40-17-43/h2-7,9-11,13-15,17,24H,8,12,16H2,1H3,(H,42,44)/b20-14-/t24-/m0/s1. The smallest absolute Gasteiger partial charge is 0.334 e. The molecule has 48 heavy (non-hydrogen) atoms. The topological polar surface area (TPSA) is 86.1 Å². The van der Waals surface area contributed by atoms with Gasteiger partial charge in [-0.3, -0.25) is 4.79 Å². The summed E-state index contributed by atoms with van der Waals surface area (Å²) < 4.78 is 89.9. The molecule has 0 saturated heterocycles.